The monoisotopic (exact) mass is 323 g/mol. The molecular weight excluding hydrogens is 316 g/mol. The van der Waals surface area contributed by atoms with Crippen molar-refractivity contribution >= 4 is 28.9 Å². The van der Waals surface area contributed by atoms with Crippen LogP contribution in [0.25, 0.3) is 17.1 Å². The predicted octanol–water partition coefficient (Wildman–Crippen LogP) is 3.36. The summed E-state index contributed by atoms with van der Waals surface area (Å²) in [6.07, 6.45) is 0. The molecule has 0 atom stereocenters. The molecule has 0 aliphatic heterocycles. The fourth-order valence-corrected chi connectivity index (χ4v) is 2.36. The van der Waals surface area contributed by atoms with Crippen LogP contribution in [0.3, 0.4) is 0 Å². The standard InChI is InChI=1S/C13H8Cl2FN5/c14-7-4-5-11(9(16)6-7)21-13(18-19-20-21)12-8(15)2-1-3-10(12)17/h1-6H,17H2. The molecule has 2 N–H and O–H groups in total. The Morgan fingerprint density at radius 1 is 1.14 bits per heavy atom. The average Bonchev–Trinajstić information content (AvgIpc) is 2.87. The first-order valence-corrected chi connectivity index (χ1v) is 6.61. The van der Waals surface area contributed by atoms with Gasteiger partial charge in [-0.1, -0.05) is 29.3 Å². The van der Waals surface area contributed by atoms with Gasteiger partial charge in [0, 0.05) is 10.7 Å². The second-order valence-corrected chi connectivity index (χ2v) is 5.06. The van der Waals surface area contributed by atoms with Crippen molar-refractivity contribution in [2.24, 2.45) is 0 Å². The van der Waals surface area contributed by atoms with Gasteiger partial charge in [-0.15, -0.1) is 5.10 Å². The van der Waals surface area contributed by atoms with Crippen LogP contribution < -0.4 is 5.73 Å². The number of rotatable bonds is 2. The number of nitrogen functional groups attached to an aromatic ring is 1. The molecule has 106 valence electrons. The minimum absolute atomic E-state index is 0.152. The van der Waals surface area contributed by atoms with E-state index in [1.807, 2.05) is 0 Å². The molecule has 0 radical (unpaired) electrons. The number of nitrogens with zero attached hydrogens (tertiary/aromatic N) is 4. The van der Waals surface area contributed by atoms with Crippen LogP contribution in [-0.4, -0.2) is 20.2 Å². The van der Waals surface area contributed by atoms with E-state index >= 15 is 0 Å². The summed E-state index contributed by atoms with van der Waals surface area (Å²) in [7, 11) is 0. The Morgan fingerprint density at radius 2 is 1.95 bits per heavy atom. The number of nitrogens with two attached hydrogens (primary N) is 1. The maximum atomic E-state index is 14.0. The van der Waals surface area contributed by atoms with Gasteiger partial charge in [0.1, 0.15) is 11.5 Å². The van der Waals surface area contributed by atoms with Crippen LogP contribution in [0.1, 0.15) is 0 Å². The lowest BCUT2D eigenvalue weighted by atomic mass is 10.1. The van der Waals surface area contributed by atoms with Crippen molar-refractivity contribution in [1.82, 2.24) is 20.2 Å². The van der Waals surface area contributed by atoms with Crippen LogP contribution in [0, 0.1) is 5.82 Å². The van der Waals surface area contributed by atoms with E-state index in [1.165, 1.54) is 16.8 Å². The first-order chi connectivity index (χ1) is 10.1. The highest BCUT2D eigenvalue weighted by Crippen LogP contribution is 2.32. The molecule has 3 aromatic rings. The zero-order chi connectivity index (χ0) is 15.0. The van der Waals surface area contributed by atoms with E-state index in [2.05, 4.69) is 15.5 Å². The van der Waals surface area contributed by atoms with Crippen molar-refractivity contribution in [3.63, 3.8) is 0 Å². The fourth-order valence-electron chi connectivity index (χ4n) is 1.94. The van der Waals surface area contributed by atoms with Gasteiger partial charge in [0.25, 0.3) is 0 Å². The normalized spacial score (nSPS) is 10.8. The Labute approximate surface area is 129 Å². The van der Waals surface area contributed by atoms with Gasteiger partial charge in [0.05, 0.1) is 10.6 Å². The Hall–Kier alpha value is -2.18. The van der Waals surface area contributed by atoms with Crippen LogP contribution in [-0.2, 0) is 0 Å². The average molecular weight is 324 g/mol. The van der Waals surface area contributed by atoms with Crippen LogP contribution in [0.4, 0.5) is 10.1 Å². The third-order valence-corrected chi connectivity index (χ3v) is 3.43. The first-order valence-electron chi connectivity index (χ1n) is 5.86. The van der Waals surface area contributed by atoms with Crippen molar-refractivity contribution in [3.8, 4) is 17.1 Å². The molecular formula is C13H8Cl2FN5. The smallest absolute Gasteiger partial charge is 0.190 e. The molecule has 0 unspecified atom stereocenters. The molecule has 0 amide bonds. The molecule has 0 bridgehead atoms. The molecule has 0 fully saturated rings. The fraction of sp³-hybridized carbons (Fsp3) is 0. The van der Waals surface area contributed by atoms with Gasteiger partial charge in [0.15, 0.2) is 5.82 Å². The number of halogens is 3. The second-order valence-electron chi connectivity index (χ2n) is 4.21. The molecule has 0 aliphatic carbocycles. The highest BCUT2D eigenvalue weighted by Gasteiger charge is 2.18. The zero-order valence-electron chi connectivity index (χ0n) is 10.5. The van der Waals surface area contributed by atoms with Crippen LogP contribution in [0.5, 0.6) is 0 Å². The number of hydrogen-bond donors (Lipinski definition) is 1. The molecule has 0 spiro atoms. The summed E-state index contributed by atoms with van der Waals surface area (Å²) in [5.74, 6) is -0.305. The number of benzene rings is 2. The van der Waals surface area contributed by atoms with Crippen LogP contribution in [0.15, 0.2) is 36.4 Å². The summed E-state index contributed by atoms with van der Waals surface area (Å²) < 4.78 is 15.3. The molecule has 5 nitrogen and oxygen atoms in total. The van der Waals surface area contributed by atoms with E-state index in [-0.39, 0.29) is 16.5 Å². The topological polar surface area (TPSA) is 69.6 Å². The van der Waals surface area contributed by atoms with Gasteiger partial charge in [0.2, 0.25) is 0 Å². The summed E-state index contributed by atoms with van der Waals surface area (Å²) >= 11 is 11.9. The van der Waals surface area contributed by atoms with E-state index in [1.54, 1.807) is 24.3 Å². The van der Waals surface area contributed by atoms with Crippen LogP contribution >= 0.6 is 23.2 Å². The second kappa shape index (κ2) is 5.31. The number of hydrogen-bond acceptors (Lipinski definition) is 4. The van der Waals surface area contributed by atoms with Gasteiger partial charge < -0.3 is 5.73 Å². The molecule has 3 rings (SSSR count). The van der Waals surface area contributed by atoms with Crippen molar-refractivity contribution in [3.05, 3.63) is 52.3 Å². The minimum atomic E-state index is -0.554. The van der Waals surface area contributed by atoms with Gasteiger partial charge in [-0.05, 0) is 40.8 Å². The summed E-state index contributed by atoms with van der Waals surface area (Å²) in [6.45, 7) is 0. The number of anilines is 1. The molecule has 1 aromatic heterocycles. The van der Waals surface area contributed by atoms with E-state index in [0.717, 1.165) is 0 Å². The maximum Gasteiger partial charge on any atom is 0.190 e. The lowest BCUT2D eigenvalue weighted by molar-refractivity contribution is 0.608. The van der Waals surface area contributed by atoms with Gasteiger partial charge in [-0.3, -0.25) is 0 Å². The van der Waals surface area contributed by atoms with Crippen molar-refractivity contribution in [2.75, 3.05) is 5.73 Å². The zero-order valence-corrected chi connectivity index (χ0v) is 12.0. The minimum Gasteiger partial charge on any atom is -0.398 e. The SMILES string of the molecule is Nc1cccc(Cl)c1-c1nnnn1-c1ccc(Cl)cc1F. The van der Waals surface area contributed by atoms with Crippen molar-refractivity contribution < 1.29 is 4.39 Å². The summed E-state index contributed by atoms with van der Waals surface area (Å²) in [5.41, 5.74) is 6.90. The predicted molar refractivity (Wildman–Crippen MR) is 79.0 cm³/mol. The molecule has 21 heavy (non-hydrogen) atoms. The lowest BCUT2D eigenvalue weighted by Gasteiger charge is -2.09. The molecule has 8 heteroatoms. The quantitative estimate of drug-likeness (QED) is 0.734. The highest BCUT2D eigenvalue weighted by atomic mass is 35.5. The van der Waals surface area contributed by atoms with E-state index < -0.39 is 5.82 Å². The van der Waals surface area contributed by atoms with Gasteiger partial charge in [-0.25, -0.2) is 4.39 Å². The first kappa shape index (κ1) is 13.8. The molecule has 0 saturated carbocycles. The van der Waals surface area contributed by atoms with E-state index in [0.29, 0.717) is 16.3 Å². The van der Waals surface area contributed by atoms with E-state index in [4.69, 9.17) is 28.9 Å². The Kier molecular flexibility index (Phi) is 3.48. The van der Waals surface area contributed by atoms with Crippen molar-refractivity contribution in [2.45, 2.75) is 0 Å². The highest BCUT2D eigenvalue weighted by molar-refractivity contribution is 6.33. The number of tetrazole rings is 1. The van der Waals surface area contributed by atoms with Crippen molar-refractivity contribution in [1.29, 1.82) is 0 Å². The van der Waals surface area contributed by atoms with Gasteiger partial charge in [-0.2, -0.15) is 4.68 Å². The molecule has 1 heterocycles. The Morgan fingerprint density at radius 3 is 2.67 bits per heavy atom. The third kappa shape index (κ3) is 2.43. The third-order valence-electron chi connectivity index (χ3n) is 2.88. The lowest BCUT2D eigenvalue weighted by Crippen LogP contribution is -2.04. The van der Waals surface area contributed by atoms with E-state index in [9.17, 15) is 4.39 Å². The van der Waals surface area contributed by atoms with Crippen LogP contribution in [0.2, 0.25) is 10.0 Å². The Balaban J connectivity index is 2.22. The summed E-state index contributed by atoms with van der Waals surface area (Å²) in [5, 5.41) is 11.9. The summed E-state index contributed by atoms with van der Waals surface area (Å²) in [4.78, 5) is 0. The molecule has 0 aliphatic rings. The Bertz CT molecular complexity index is 798. The number of aromatic nitrogens is 4. The van der Waals surface area contributed by atoms with Gasteiger partial charge >= 0.3 is 0 Å². The largest absolute Gasteiger partial charge is 0.398 e. The molecule has 2 aromatic carbocycles. The molecule has 0 saturated heterocycles. The summed E-state index contributed by atoms with van der Waals surface area (Å²) in [6, 6.07) is 9.23. The maximum absolute atomic E-state index is 14.0.